The largest absolute Gasteiger partial charge is 0.493 e. The van der Waals surface area contributed by atoms with Gasteiger partial charge in [-0.3, -0.25) is 4.79 Å². The summed E-state index contributed by atoms with van der Waals surface area (Å²) in [6.07, 6.45) is 4.23. The number of carbonyl (C=O) groups is 1. The van der Waals surface area contributed by atoms with Crippen molar-refractivity contribution < 1.29 is 14.3 Å². The molecular formula is C24H21N3O3. The second kappa shape index (κ2) is 9.52. The lowest BCUT2D eigenvalue weighted by Gasteiger charge is -2.10. The number of aromatic nitrogens is 2. The van der Waals surface area contributed by atoms with Crippen molar-refractivity contribution in [2.24, 2.45) is 0 Å². The van der Waals surface area contributed by atoms with Crippen LogP contribution in [0.5, 0.6) is 17.5 Å². The second-order valence-corrected chi connectivity index (χ2v) is 6.64. The zero-order valence-electron chi connectivity index (χ0n) is 16.3. The normalized spacial score (nSPS) is 10.5. The fraction of sp³-hybridized carbons (Fsp3) is 0.125. The van der Waals surface area contributed by atoms with E-state index in [1.54, 1.807) is 42.7 Å². The van der Waals surface area contributed by atoms with Crippen LogP contribution < -0.4 is 14.8 Å². The Balaban J connectivity index is 1.23. The van der Waals surface area contributed by atoms with Gasteiger partial charge >= 0.3 is 6.01 Å². The predicted molar refractivity (Wildman–Crippen MR) is 116 cm³/mol. The van der Waals surface area contributed by atoms with Crippen LogP contribution in [0, 0.1) is 0 Å². The van der Waals surface area contributed by atoms with E-state index in [2.05, 4.69) is 27.4 Å². The fourth-order valence-corrected chi connectivity index (χ4v) is 3.01. The molecule has 1 heterocycles. The van der Waals surface area contributed by atoms with Crippen molar-refractivity contribution in [2.75, 3.05) is 11.9 Å². The summed E-state index contributed by atoms with van der Waals surface area (Å²) < 4.78 is 11.4. The fourth-order valence-electron chi connectivity index (χ4n) is 3.01. The van der Waals surface area contributed by atoms with Crippen LogP contribution >= 0.6 is 0 Å². The zero-order chi connectivity index (χ0) is 20.6. The Morgan fingerprint density at radius 1 is 0.867 bits per heavy atom. The highest BCUT2D eigenvalue weighted by molar-refractivity contribution is 5.90. The van der Waals surface area contributed by atoms with Gasteiger partial charge in [-0.25, -0.2) is 9.97 Å². The smallest absolute Gasteiger partial charge is 0.321 e. The average Bonchev–Trinajstić information content (AvgIpc) is 2.79. The molecule has 30 heavy (non-hydrogen) atoms. The number of anilines is 1. The molecule has 3 aromatic carbocycles. The van der Waals surface area contributed by atoms with Gasteiger partial charge in [0.25, 0.3) is 0 Å². The first-order valence-electron chi connectivity index (χ1n) is 9.73. The lowest BCUT2D eigenvalue weighted by atomic mass is 10.1. The highest BCUT2D eigenvalue weighted by Crippen LogP contribution is 2.25. The van der Waals surface area contributed by atoms with E-state index < -0.39 is 0 Å². The van der Waals surface area contributed by atoms with Crippen LogP contribution in [0.1, 0.15) is 12.8 Å². The third-order valence-electron chi connectivity index (χ3n) is 4.44. The topological polar surface area (TPSA) is 73.3 Å². The first kappa shape index (κ1) is 19.4. The van der Waals surface area contributed by atoms with Gasteiger partial charge < -0.3 is 14.8 Å². The molecule has 0 saturated carbocycles. The highest BCUT2D eigenvalue weighted by Gasteiger charge is 2.05. The van der Waals surface area contributed by atoms with E-state index in [0.29, 0.717) is 30.9 Å². The average molecular weight is 399 g/mol. The van der Waals surface area contributed by atoms with Crippen molar-refractivity contribution in [2.45, 2.75) is 12.8 Å². The van der Waals surface area contributed by atoms with Crippen LogP contribution in [0.4, 0.5) is 5.69 Å². The Hall–Kier alpha value is -3.93. The summed E-state index contributed by atoms with van der Waals surface area (Å²) in [6.45, 7) is 0.477. The van der Waals surface area contributed by atoms with Crippen LogP contribution in [0.15, 0.2) is 85.2 Å². The van der Waals surface area contributed by atoms with Gasteiger partial charge in [0.2, 0.25) is 5.91 Å². The second-order valence-electron chi connectivity index (χ2n) is 6.64. The number of fused-ring (bicyclic) bond motifs is 1. The summed E-state index contributed by atoms with van der Waals surface area (Å²) >= 11 is 0. The molecule has 0 saturated heterocycles. The molecule has 150 valence electrons. The first-order chi connectivity index (χ1) is 14.8. The summed E-state index contributed by atoms with van der Waals surface area (Å²) in [7, 11) is 0. The third kappa shape index (κ3) is 5.11. The van der Waals surface area contributed by atoms with Gasteiger partial charge in [0, 0.05) is 29.9 Å². The van der Waals surface area contributed by atoms with Crippen LogP contribution in [0.2, 0.25) is 0 Å². The summed E-state index contributed by atoms with van der Waals surface area (Å²) in [5.74, 6) is 1.38. The van der Waals surface area contributed by atoms with Gasteiger partial charge in [-0.2, -0.15) is 0 Å². The molecule has 0 spiro atoms. The van der Waals surface area contributed by atoms with Crippen molar-refractivity contribution >= 4 is 22.4 Å². The van der Waals surface area contributed by atoms with E-state index in [-0.39, 0.29) is 11.9 Å². The SMILES string of the molecule is O=C(CCCOc1cccc2ccccc12)Nc1ccc(Oc2ncccn2)cc1. The molecule has 6 heteroatoms. The van der Waals surface area contributed by atoms with Gasteiger partial charge in [-0.1, -0.05) is 36.4 Å². The maximum Gasteiger partial charge on any atom is 0.321 e. The number of ether oxygens (including phenoxy) is 2. The molecule has 0 unspecified atom stereocenters. The highest BCUT2D eigenvalue weighted by atomic mass is 16.5. The molecule has 1 aromatic heterocycles. The lowest BCUT2D eigenvalue weighted by molar-refractivity contribution is -0.116. The van der Waals surface area contributed by atoms with Crippen molar-refractivity contribution in [3.8, 4) is 17.5 Å². The Morgan fingerprint density at radius 2 is 1.63 bits per heavy atom. The van der Waals surface area contributed by atoms with E-state index >= 15 is 0 Å². The van der Waals surface area contributed by atoms with E-state index in [4.69, 9.17) is 9.47 Å². The van der Waals surface area contributed by atoms with Gasteiger partial charge in [0.15, 0.2) is 0 Å². The molecule has 6 nitrogen and oxygen atoms in total. The maximum absolute atomic E-state index is 12.2. The standard InChI is InChI=1S/C24H21N3O3/c28-23(10-4-17-29-22-9-3-7-18-6-1-2-8-21(18)22)27-19-11-13-20(14-12-19)30-24-25-15-5-16-26-24/h1-3,5-9,11-16H,4,10,17H2,(H,27,28). The molecular weight excluding hydrogens is 378 g/mol. The summed E-state index contributed by atoms with van der Waals surface area (Å²) in [4.78, 5) is 20.2. The minimum Gasteiger partial charge on any atom is -0.493 e. The van der Waals surface area contributed by atoms with Crippen molar-refractivity contribution in [1.29, 1.82) is 0 Å². The number of amides is 1. The molecule has 0 atom stereocenters. The number of rotatable bonds is 8. The van der Waals surface area contributed by atoms with Gasteiger partial charge in [-0.15, -0.1) is 0 Å². The summed E-state index contributed by atoms with van der Waals surface area (Å²) in [5.41, 5.74) is 0.705. The quantitative estimate of drug-likeness (QED) is 0.411. The van der Waals surface area contributed by atoms with Gasteiger partial charge in [0.1, 0.15) is 11.5 Å². The molecule has 1 N–H and O–H groups in total. The monoisotopic (exact) mass is 399 g/mol. The van der Waals surface area contributed by atoms with Crippen LogP contribution in [0.3, 0.4) is 0 Å². The molecule has 0 aliphatic heterocycles. The molecule has 0 aliphatic carbocycles. The Kier molecular flexibility index (Phi) is 6.15. The van der Waals surface area contributed by atoms with E-state index in [1.807, 2.05) is 30.3 Å². The first-order valence-corrected chi connectivity index (χ1v) is 9.73. The number of hydrogen-bond donors (Lipinski definition) is 1. The van der Waals surface area contributed by atoms with E-state index in [1.165, 1.54) is 0 Å². The summed E-state index contributed by atoms with van der Waals surface area (Å²) in [5, 5.41) is 5.09. The van der Waals surface area contributed by atoms with E-state index in [0.717, 1.165) is 16.5 Å². The zero-order valence-corrected chi connectivity index (χ0v) is 16.3. The Bertz CT molecular complexity index is 1110. The van der Waals surface area contributed by atoms with Crippen LogP contribution in [-0.4, -0.2) is 22.5 Å². The minimum absolute atomic E-state index is 0.0587. The lowest BCUT2D eigenvalue weighted by Crippen LogP contribution is -2.12. The van der Waals surface area contributed by atoms with Crippen molar-refractivity contribution in [3.63, 3.8) is 0 Å². The van der Waals surface area contributed by atoms with Crippen molar-refractivity contribution in [3.05, 3.63) is 85.2 Å². The number of carbonyl (C=O) groups excluding carboxylic acids is 1. The maximum atomic E-state index is 12.2. The molecule has 0 aliphatic rings. The summed E-state index contributed by atoms with van der Waals surface area (Å²) in [6, 6.07) is 23.1. The Labute approximate surface area is 174 Å². The third-order valence-corrected chi connectivity index (χ3v) is 4.44. The predicted octanol–water partition coefficient (Wildman–Crippen LogP) is 5.22. The number of hydrogen-bond acceptors (Lipinski definition) is 5. The minimum atomic E-state index is -0.0587. The molecule has 0 fully saturated rings. The number of nitrogens with zero attached hydrogens (tertiary/aromatic N) is 2. The van der Waals surface area contributed by atoms with Crippen molar-refractivity contribution in [1.82, 2.24) is 9.97 Å². The molecule has 1 amide bonds. The molecule has 0 bridgehead atoms. The molecule has 4 rings (SSSR count). The van der Waals surface area contributed by atoms with Crippen LogP contribution in [-0.2, 0) is 4.79 Å². The van der Waals surface area contributed by atoms with Gasteiger partial charge in [0.05, 0.1) is 6.61 Å². The van der Waals surface area contributed by atoms with Gasteiger partial charge in [-0.05, 0) is 48.2 Å². The van der Waals surface area contributed by atoms with E-state index in [9.17, 15) is 4.79 Å². The number of benzene rings is 3. The molecule has 4 aromatic rings. The molecule has 0 radical (unpaired) electrons. The number of nitrogens with one attached hydrogen (secondary N) is 1. The Morgan fingerprint density at radius 3 is 2.47 bits per heavy atom. The van der Waals surface area contributed by atoms with Crippen LogP contribution in [0.25, 0.3) is 10.8 Å².